The van der Waals surface area contributed by atoms with Crippen LogP contribution in [0.2, 0.25) is 0 Å². The van der Waals surface area contributed by atoms with E-state index in [0.717, 1.165) is 123 Å². The van der Waals surface area contributed by atoms with E-state index in [9.17, 15) is 47.2 Å². The van der Waals surface area contributed by atoms with E-state index in [1.54, 1.807) is 43.7 Å². The lowest BCUT2D eigenvalue weighted by Crippen LogP contribution is -2.48. The Hall–Kier alpha value is -10.0. The zero-order valence-electron chi connectivity index (χ0n) is 62.5. The standard InChI is InChI=1S/C30H33N3O4.C29H31F3N2O3.C28H33N3O4/c1-3-36-30(35)33-23-11-12-25-21(14-23)15-27-28(18(2)37-29(27)34)26(25)13-10-22-9-8-20(17-32-22)24-7-5-4-6-19(24)16-31;1-16-27-25(24-10-9-23(34-17(2)35)13-20(24)14-26(27)28(36)37-16)11-8-22-7-6-19(15-33-22)18-4-3-5-21(12-18)29(30,31)32;1-3-34-28(33)31-21-10-11-22-19(14-21)15-24-26(17(2)35-27(24)32)23(22)12-9-20-8-7-18(16-30-20)25-6-4-5-13-29-25/h4-10,13,17-18,21,23,25-28H,3,11-12,14-15H2,1-2H3,(H,33,35);3-8,11-12,15-16,20,23-27H,9-10,13-14H2,1-2H3,(H,34,35);4-9,12-13,16-17,19,21-24,26H,3,10-11,14-15H2,1-2H3,(H,31,33)/b13-10+;11-8+;12-9+/t18-,21+,23-,25-,26+,27-,28+;16-,20+,23-,24-,25+,26-,27+;17-,19+,21-,22-,23+,24-,26+/m111/s1. The molecular formula is C87H97F3N8O11. The summed E-state index contributed by atoms with van der Waals surface area (Å²) in [6.07, 6.45) is 25.0. The number of alkyl carbamates (subject to hydrolysis) is 2. The molecule has 109 heavy (non-hydrogen) atoms. The summed E-state index contributed by atoms with van der Waals surface area (Å²) in [6, 6.07) is 32.7. The molecular weight excluding hydrogens is 1390 g/mol. The van der Waals surface area contributed by atoms with Crippen molar-refractivity contribution >= 4 is 54.2 Å². The fourth-order valence-electron chi connectivity index (χ4n) is 20.1. The van der Waals surface area contributed by atoms with E-state index in [1.165, 1.54) is 13.0 Å². The number of hydrogen-bond donors (Lipinski definition) is 3. The molecule has 9 aliphatic rings. The summed E-state index contributed by atoms with van der Waals surface area (Å²) in [7, 11) is 0. The van der Waals surface area contributed by atoms with Crippen LogP contribution in [0.1, 0.15) is 147 Å². The van der Waals surface area contributed by atoms with Gasteiger partial charge in [0.15, 0.2) is 0 Å². The molecule has 0 spiro atoms. The quantitative estimate of drug-likeness (QED) is 0.0676. The molecule has 3 saturated heterocycles. The Morgan fingerprint density at radius 2 is 0.945 bits per heavy atom. The lowest BCUT2D eigenvalue weighted by molar-refractivity contribution is -0.145. The summed E-state index contributed by atoms with van der Waals surface area (Å²) in [4.78, 5) is 91.7. The molecule has 0 radical (unpaired) electrons. The summed E-state index contributed by atoms with van der Waals surface area (Å²) in [5, 5.41) is 18.5. The molecule has 0 bridgehead atoms. The van der Waals surface area contributed by atoms with E-state index in [-0.39, 0.29) is 126 Å². The van der Waals surface area contributed by atoms with Crippen LogP contribution in [0.3, 0.4) is 0 Å². The van der Waals surface area contributed by atoms with E-state index in [4.69, 9.17) is 23.7 Å². The normalized spacial score (nSPS) is 31.3. The minimum Gasteiger partial charge on any atom is -0.462 e. The molecule has 3 N–H and O–H groups in total. The van der Waals surface area contributed by atoms with Gasteiger partial charge in [-0.25, -0.2) is 9.59 Å². The minimum absolute atomic E-state index is 0.0258. The largest absolute Gasteiger partial charge is 0.462 e. The number of carbonyl (C=O) groups is 6. The highest BCUT2D eigenvalue weighted by Gasteiger charge is 2.58. The van der Waals surface area contributed by atoms with Crippen molar-refractivity contribution in [2.75, 3.05) is 13.2 Å². The number of pyridine rings is 4. The smallest absolute Gasteiger partial charge is 0.416 e. The molecule has 572 valence electrons. The van der Waals surface area contributed by atoms with Crippen LogP contribution in [0, 0.1) is 100 Å². The topological polar surface area (TPSA) is 260 Å². The molecule has 19 nitrogen and oxygen atoms in total. The van der Waals surface area contributed by atoms with Crippen LogP contribution in [0.5, 0.6) is 0 Å². The predicted molar refractivity (Wildman–Crippen MR) is 404 cm³/mol. The third-order valence-corrected chi connectivity index (χ3v) is 24.7. The number of nitriles is 1. The third-order valence-electron chi connectivity index (χ3n) is 24.7. The number of carbonyl (C=O) groups excluding carboxylic acids is 6. The average Bonchev–Trinajstić information content (AvgIpc) is 1.66. The van der Waals surface area contributed by atoms with Crippen LogP contribution in [0.15, 0.2) is 146 Å². The predicted octanol–water partition coefficient (Wildman–Crippen LogP) is 16.1. The number of alkyl halides is 3. The van der Waals surface area contributed by atoms with Crippen LogP contribution in [0.4, 0.5) is 22.8 Å². The van der Waals surface area contributed by atoms with Gasteiger partial charge in [0.25, 0.3) is 0 Å². The second kappa shape index (κ2) is 34.3. The van der Waals surface area contributed by atoms with Gasteiger partial charge < -0.3 is 39.6 Å². The highest BCUT2D eigenvalue weighted by molar-refractivity contribution is 5.78. The second-order valence-corrected chi connectivity index (χ2v) is 31.1. The first-order chi connectivity index (χ1) is 52.6. The number of hydrogen-bond acceptors (Lipinski definition) is 16. The van der Waals surface area contributed by atoms with Gasteiger partial charge in [-0.15, -0.1) is 0 Å². The lowest BCUT2D eigenvalue weighted by atomic mass is 9.57. The van der Waals surface area contributed by atoms with Gasteiger partial charge in [0, 0.05) is 89.8 Å². The van der Waals surface area contributed by atoms with Gasteiger partial charge in [-0.1, -0.05) is 66.8 Å². The van der Waals surface area contributed by atoms with Crippen molar-refractivity contribution in [2.24, 2.45) is 88.8 Å². The van der Waals surface area contributed by atoms with Gasteiger partial charge in [-0.3, -0.25) is 39.1 Å². The van der Waals surface area contributed by atoms with Gasteiger partial charge in [0.1, 0.15) is 18.3 Å². The van der Waals surface area contributed by atoms with Crippen molar-refractivity contribution in [3.63, 3.8) is 0 Å². The van der Waals surface area contributed by atoms with Gasteiger partial charge in [0.2, 0.25) is 5.91 Å². The Kier molecular flexibility index (Phi) is 24.2. The number of fused-ring (bicyclic) bond motifs is 6. The Bertz CT molecular complexity index is 4360. The Balaban J connectivity index is 0.000000144. The number of halogens is 3. The number of benzene rings is 2. The number of allylic oxidation sites excluding steroid dienone is 3. The molecule has 4 aromatic heterocycles. The molecule has 7 heterocycles. The first-order valence-electron chi connectivity index (χ1n) is 38.9. The van der Waals surface area contributed by atoms with Crippen LogP contribution in [0.25, 0.3) is 51.7 Å². The molecule has 9 fully saturated rings. The molecule has 6 saturated carbocycles. The summed E-state index contributed by atoms with van der Waals surface area (Å²) >= 11 is 0. The van der Waals surface area contributed by atoms with Gasteiger partial charge in [-0.2, -0.15) is 18.4 Å². The molecule has 2 aromatic carbocycles. The summed E-state index contributed by atoms with van der Waals surface area (Å²) < 4.78 is 66.5. The zero-order valence-corrected chi connectivity index (χ0v) is 62.5. The van der Waals surface area contributed by atoms with Crippen LogP contribution in [-0.4, -0.2) is 106 Å². The van der Waals surface area contributed by atoms with Gasteiger partial charge in [-0.05, 0) is 243 Å². The number of amides is 3. The van der Waals surface area contributed by atoms with Crippen molar-refractivity contribution in [2.45, 2.75) is 161 Å². The lowest BCUT2D eigenvalue weighted by Gasteiger charge is -2.47. The highest BCUT2D eigenvalue weighted by atomic mass is 19.4. The Morgan fingerprint density at radius 1 is 0.514 bits per heavy atom. The number of rotatable bonds is 14. The number of aromatic nitrogens is 4. The van der Waals surface area contributed by atoms with E-state index in [2.05, 4.69) is 72.3 Å². The van der Waals surface area contributed by atoms with Crippen molar-refractivity contribution in [3.8, 4) is 39.6 Å². The Morgan fingerprint density at radius 3 is 1.35 bits per heavy atom. The molecule has 3 aliphatic heterocycles. The SMILES string of the molecule is CC(=O)N[C@@H]1CC[C@@H]2[C@@H](C1)C[C@H]1C(=O)O[C@H](C)[C@H]1[C@H]2/C=C/c1ccc(-c2cccc(C(F)(F)F)c2)cn1.CCOC(=O)N[C@@H]1CC[C@@H]2[C@@H](C1)C[C@H]1C(=O)O[C@H](C)[C@H]1[C@H]2/C=C/c1ccc(-c2ccccc2C#N)cn1.CCOC(=O)N[C@@H]1CC[C@@H]2[C@@H](C1)C[C@H]1C(=O)O[C@H](C)[C@H]1[C@H]2/C=C/c1ccc(-c2ccccn2)cn1. The summed E-state index contributed by atoms with van der Waals surface area (Å²) in [5.41, 5.74) is 7.10. The first kappa shape index (κ1) is 77.1. The van der Waals surface area contributed by atoms with E-state index < -0.39 is 11.7 Å². The molecule has 22 heteroatoms. The Labute approximate surface area is 635 Å². The minimum atomic E-state index is -4.40. The maximum atomic E-state index is 13.1. The molecule has 3 amide bonds. The molecule has 6 aliphatic carbocycles. The molecule has 6 aromatic rings. The van der Waals surface area contributed by atoms with E-state index in [1.807, 2.05) is 107 Å². The molecule has 15 rings (SSSR count). The number of nitrogens with one attached hydrogen (secondary N) is 3. The number of nitrogens with zero attached hydrogens (tertiary/aromatic N) is 5. The van der Waals surface area contributed by atoms with Crippen molar-refractivity contribution in [1.82, 2.24) is 35.9 Å². The summed E-state index contributed by atoms with van der Waals surface area (Å²) in [5.74, 6) is 2.70. The maximum absolute atomic E-state index is 13.1. The van der Waals surface area contributed by atoms with E-state index >= 15 is 0 Å². The zero-order chi connectivity index (χ0) is 76.6. The van der Waals surface area contributed by atoms with Crippen LogP contribution in [-0.2, 0) is 49.0 Å². The second-order valence-electron chi connectivity index (χ2n) is 31.1. The van der Waals surface area contributed by atoms with Gasteiger partial charge >= 0.3 is 36.3 Å². The monoisotopic (exact) mass is 1490 g/mol. The maximum Gasteiger partial charge on any atom is 0.416 e. The average molecular weight is 1490 g/mol. The third kappa shape index (κ3) is 17.8. The highest BCUT2D eigenvalue weighted by Crippen LogP contribution is 2.57. The number of esters is 3. The molecule has 0 unspecified atom stereocenters. The van der Waals surface area contributed by atoms with Crippen molar-refractivity contribution in [3.05, 3.63) is 174 Å². The van der Waals surface area contributed by atoms with Crippen LogP contribution >= 0.6 is 0 Å². The summed E-state index contributed by atoms with van der Waals surface area (Å²) in [6.45, 7) is 11.9. The van der Waals surface area contributed by atoms with Crippen molar-refractivity contribution < 1.29 is 65.6 Å². The number of ether oxygens (including phenoxy) is 5. The fraction of sp³-hybridized carbons (Fsp3) is 0.483. The van der Waals surface area contributed by atoms with Crippen molar-refractivity contribution in [1.29, 1.82) is 5.26 Å². The van der Waals surface area contributed by atoms with Gasteiger partial charge in [0.05, 0.1) is 70.9 Å². The molecule has 21 atom stereocenters. The van der Waals surface area contributed by atoms with E-state index in [0.29, 0.717) is 71.1 Å². The first-order valence-corrected chi connectivity index (χ1v) is 38.9. The van der Waals surface area contributed by atoms with Crippen LogP contribution < -0.4 is 16.0 Å². The number of cyclic esters (lactones) is 3. The fourth-order valence-corrected chi connectivity index (χ4v) is 20.1.